The van der Waals surface area contributed by atoms with Crippen molar-refractivity contribution in [2.75, 3.05) is 0 Å². The Labute approximate surface area is 64.6 Å². The summed E-state index contributed by atoms with van der Waals surface area (Å²) in [6.45, 7) is 7.06. The van der Waals surface area contributed by atoms with Gasteiger partial charge in [-0.05, 0) is 6.42 Å². The summed E-state index contributed by atoms with van der Waals surface area (Å²) in [5.41, 5.74) is 0.736. The first-order chi connectivity index (χ1) is 5.27. The molecule has 0 radical (unpaired) electrons. The minimum absolute atomic E-state index is 0.241. The Morgan fingerprint density at radius 3 is 2.45 bits per heavy atom. The van der Waals surface area contributed by atoms with Crippen LogP contribution < -0.4 is 0 Å². The van der Waals surface area contributed by atoms with Crippen LogP contribution in [0.1, 0.15) is 6.42 Å². The number of carbonyl (C=O) groups excluding carboxylic acids is 1. The summed E-state index contributed by atoms with van der Waals surface area (Å²) in [4.78, 5) is 10.2. The second-order valence-corrected chi connectivity index (χ2v) is 1.96. The molecule has 1 fully saturated rings. The molecule has 0 spiro atoms. The van der Waals surface area contributed by atoms with E-state index in [-0.39, 0.29) is 5.95 Å². The Morgan fingerprint density at radius 1 is 1.45 bits per heavy atom. The topological polar surface area (TPSA) is 35.5 Å². The van der Waals surface area contributed by atoms with Gasteiger partial charge in [0.2, 0.25) is 0 Å². The molecule has 0 N–H and O–H groups in total. The molecule has 3 heteroatoms. The predicted molar refractivity (Wildman–Crippen MR) is 39.6 cm³/mol. The third-order valence-electron chi connectivity index (χ3n) is 1.22. The first kappa shape index (κ1) is 7.60. The van der Waals surface area contributed by atoms with E-state index < -0.39 is 6.16 Å². The molecule has 0 aromatic heterocycles. The normalized spacial score (nSPS) is 14.2. The summed E-state index contributed by atoms with van der Waals surface area (Å²) in [5.74, 6) is 0.241. The lowest BCUT2D eigenvalue weighted by molar-refractivity contribution is -0.0283. The van der Waals surface area contributed by atoms with Gasteiger partial charge in [-0.1, -0.05) is 18.7 Å². The van der Waals surface area contributed by atoms with Crippen molar-refractivity contribution >= 4 is 6.16 Å². The zero-order valence-corrected chi connectivity index (χ0v) is 6.00. The van der Waals surface area contributed by atoms with E-state index >= 15 is 0 Å². The van der Waals surface area contributed by atoms with Gasteiger partial charge in [0.1, 0.15) is 0 Å². The molecule has 0 saturated carbocycles. The van der Waals surface area contributed by atoms with E-state index in [2.05, 4.69) is 22.6 Å². The maximum absolute atomic E-state index is 10.2. The van der Waals surface area contributed by atoms with E-state index in [0.717, 1.165) is 5.57 Å². The first-order valence-corrected chi connectivity index (χ1v) is 3.14. The van der Waals surface area contributed by atoms with E-state index in [4.69, 9.17) is 0 Å². The summed E-state index contributed by atoms with van der Waals surface area (Å²) in [7, 11) is 0. The van der Waals surface area contributed by atoms with Gasteiger partial charge in [-0.25, -0.2) is 4.79 Å². The van der Waals surface area contributed by atoms with Crippen molar-refractivity contribution in [1.82, 2.24) is 0 Å². The number of allylic oxidation sites excluding steroid dienone is 3. The molecule has 0 atom stereocenters. The average molecular weight is 152 g/mol. The standard InChI is InChI=1S/C8H8O3/c1-3-5-6(4-2)7-10-8(9)11-7/h3-4H,1-2,5H2. The maximum Gasteiger partial charge on any atom is 0.524 e. The molecular formula is C8H8O3. The Balaban J connectivity index is 2.66. The third-order valence-corrected chi connectivity index (χ3v) is 1.22. The van der Waals surface area contributed by atoms with Gasteiger partial charge in [0, 0.05) is 5.57 Å². The van der Waals surface area contributed by atoms with Gasteiger partial charge in [-0.3, -0.25) is 0 Å². The van der Waals surface area contributed by atoms with E-state index in [1.54, 1.807) is 12.2 Å². The van der Waals surface area contributed by atoms with Crippen LogP contribution in [0.2, 0.25) is 0 Å². The van der Waals surface area contributed by atoms with Crippen molar-refractivity contribution in [3.8, 4) is 0 Å². The van der Waals surface area contributed by atoms with Crippen LogP contribution in [0.4, 0.5) is 4.79 Å². The highest BCUT2D eigenvalue weighted by Gasteiger charge is 2.26. The molecule has 0 aromatic carbocycles. The highest BCUT2D eigenvalue weighted by atomic mass is 16.9. The molecule has 0 unspecified atom stereocenters. The van der Waals surface area contributed by atoms with Crippen molar-refractivity contribution in [1.29, 1.82) is 0 Å². The molecule has 1 aliphatic heterocycles. The highest BCUT2D eigenvalue weighted by molar-refractivity contribution is 5.68. The van der Waals surface area contributed by atoms with E-state index in [1.807, 2.05) is 0 Å². The fraction of sp³-hybridized carbons (Fsp3) is 0.125. The van der Waals surface area contributed by atoms with Crippen molar-refractivity contribution in [3.05, 3.63) is 36.8 Å². The van der Waals surface area contributed by atoms with Gasteiger partial charge in [0.15, 0.2) is 0 Å². The summed E-state index contributed by atoms with van der Waals surface area (Å²) in [6, 6.07) is 0. The molecule has 0 aromatic rings. The van der Waals surface area contributed by atoms with Crippen molar-refractivity contribution in [3.63, 3.8) is 0 Å². The zero-order chi connectivity index (χ0) is 8.27. The summed E-state index contributed by atoms with van der Waals surface area (Å²) < 4.78 is 9.09. The molecule has 1 saturated heterocycles. The van der Waals surface area contributed by atoms with Gasteiger partial charge in [0.25, 0.3) is 0 Å². The lowest BCUT2D eigenvalue weighted by atomic mass is 10.2. The van der Waals surface area contributed by atoms with Crippen LogP contribution in [0.3, 0.4) is 0 Å². The lowest BCUT2D eigenvalue weighted by Gasteiger charge is -2.17. The lowest BCUT2D eigenvalue weighted by Crippen LogP contribution is -2.21. The summed E-state index contributed by atoms with van der Waals surface area (Å²) in [5, 5.41) is 0. The quantitative estimate of drug-likeness (QED) is 0.459. The van der Waals surface area contributed by atoms with Gasteiger partial charge in [-0.2, -0.15) is 0 Å². The van der Waals surface area contributed by atoms with Crippen molar-refractivity contribution in [2.24, 2.45) is 0 Å². The van der Waals surface area contributed by atoms with Crippen LogP contribution in [0.25, 0.3) is 0 Å². The monoisotopic (exact) mass is 152 g/mol. The number of rotatable bonds is 3. The van der Waals surface area contributed by atoms with Gasteiger partial charge < -0.3 is 9.47 Å². The zero-order valence-electron chi connectivity index (χ0n) is 6.00. The number of cyclic esters (lactones) is 2. The molecule has 1 rings (SSSR count). The van der Waals surface area contributed by atoms with Gasteiger partial charge in [0.05, 0.1) is 0 Å². The average Bonchev–Trinajstić information content (AvgIpc) is 1.95. The van der Waals surface area contributed by atoms with Gasteiger partial charge in [-0.15, -0.1) is 6.58 Å². The van der Waals surface area contributed by atoms with Crippen molar-refractivity contribution < 1.29 is 14.3 Å². The predicted octanol–water partition coefficient (Wildman–Crippen LogP) is 2.13. The number of carbonyl (C=O) groups is 1. The van der Waals surface area contributed by atoms with E-state index in [1.165, 1.54) is 0 Å². The van der Waals surface area contributed by atoms with Crippen molar-refractivity contribution in [2.45, 2.75) is 6.42 Å². The Hall–Kier alpha value is -1.51. The minimum Gasteiger partial charge on any atom is -0.360 e. The highest BCUT2D eigenvalue weighted by Crippen LogP contribution is 2.22. The second kappa shape index (κ2) is 3.05. The van der Waals surface area contributed by atoms with Crippen LogP contribution in [0, 0.1) is 0 Å². The first-order valence-electron chi connectivity index (χ1n) is 3.14. The number of hydrogen-bond donors (Lipinski definition) is 0. The molecule has 0 amide bonds. The molecule has 0 aliphatic carbocycles. The molecule has 3 nitrogen and oxygen atoms in total. The van der Waals surface area contributed by atoms with Crippen LogP contribution in [-0.2, 0) is 9.47 Å². The van der Waals surface area contributed by atoms with Crippen LogP contribution in [-0.4, -0.2) is 6.16 Å². The van der Waals surface area contributed by atoms with Crippen LogP contribution in [0.15, 0.2) is 36.8 Å². The molecule has 1 heterocycles. The summed E-state index contributed by atoms with van der Waals surface area (Å²) >= 11 is 0. The molecular weight excluding hydrogens is 144 g/mol. The van der Waals surface area contributed by atoms with Gasteiger partial charge >= 0.3 is 12.1 Å². The molecule has 58 valence electrons. The molecule has 11 heavy (non-hydrogen) atoms. The Bertz CT molecular complexity index is 228. The Morgan fingerprint density at radius 2 is 2.09 bits per heavy atom. The SMILES string of the molecule is C=CCC(C=C)=C1OC(=O)O1. The summed E-state index contributed by atoms with van der Waals surface area (Å²) in [6.07, 6.45) is 3.18. The smallest absolute Gasteiger partial charge is 0.360 e. The fourth-order valence-corrected chi connectivity index (χ4v) is 0.696. The van der Waals surface area contributed by atoms with Crippen LogP contribution in [0.5, 0.6) is 0 Å². The maximum atomic E-state index is 10.2. The van der Waals surface area contributed by atoms with Crippen LogP contribution >= 0.6 is 0 Å². The molecule has 0 bridgehead atoms. The largest absolute Gasteiger partial charge is 0.524 e. The second-order valence-electron chi connectivity index (χ2n) is 1.96. The Kier molecular flexibility index (Phi) is 2.11. The van der Waals surface area contributed by atoms with E-state index in [0.29, 0.717) is 6.42 Å². The van der Waals surface area contributed by atoms with E-state index in [9.17, 15) is 4.79 Å². The third kappa shape index (κ3) is 1.49. The number of hydrogen-bond acceptors (Lipinski definition) is 3. The molecule has 1 aliphatic rings. The number of ether oxygens (including phenoxy) is 2. The minimum atomic E-state index is -0.664. The fourth-order valence-electron chi connectivity index (χ4n) is 0.696.